The third kappa shape index (κ3) is 3.56. The van der Waals surface area contributed by atoms with Crippen molar-refractivity contribution in [3.63, 3.8) is 0 Å². The summed E-state index contributed by atoms with van der Waals surface area (Å²) in [4.78, 5) is 11.1. The summed E-state index contributed by atoms with van der Waals surface area (Å²) in [7, 11) is 0. The highest BCUT2D eigenvalue weighted by Gasteiger charge is 2.16. The third-order valence-electron chi connectivity index (χ3n) is 2.63. The van der Waals surface area contributed by atoms with E-state index in [1.807, 2.05) is 6.07 Å². The molecule has 0 radical (unpaired) electrons. The normalized spacial score (nSPS) is 11.2. The molecule has 0 unspecified atom stereocenters. The first-order chi connectivity index (χ1) is 7.87. The van der Waals surface area contributed by atoms with Crippen LogP contribution in [-0.2, 0) is 0 Å². The SMILES string of the molecule is CSC(C)(C)CNc1cccc(C(N)=O)c1N. The highest BCUT2D eigenvalue weighted by molar-refractivity contribution is 7.99. The highest BCUT2D eigenvalue weighted by Crippen LogP contribution is 2.26. The molecule has 5 heteroatoms. The Morgan fingerprint density at radius 2 is 2.12 bits per heavy atom. The van der Waals surface area contributed by atoms with Gasteiger partial charge in [-0.25, -0.2) is 0 Å². The van der Waals surface area contributed by atoms with E-state index in [1.165, 1.54) is 0 Å². The lowest BCUT2D eigenvalue weighted by atomic mass is 10.1. The minimum Gasteiger partial charge on any atom is -0.396 e. The van der Waals surface area contributed by atoms with Crippen LogP contribution < -0.4 is 16.8 Å². The number of rotatable bonds is 5. The molecule has 0 saturated carbocycles. The van der Waals surface area contributed by atoms with Crippen LogP contribution in [0.4, 0.5) is 11.4 Å². The third-order valence-corrected chi connectivity index (χ3v) is 3.88. The standard InChI is InChI=1S/C12H19N3OS/c1-12(2,17-3)7-15-9-6-4-5-8(10(9)13)11(14)16/h4-6,15H,7,13H2,1-3H3,(H2,14,16). The summed E-state index contributed by atoms with van der Waals surface area (Å²) >= 11 is 1.77. The van der Waals surface area contributed by atoms with Crippen LogP contribution >= 0.6 is 11.8 Å². The number of nitrogens with one attached hydrogen (secondary N) is 1. The molecule has 5 N–H and O–H groups in total. The minimum absolute atomic E-state index is 0.106. The number of amides is 1. The average Bonchev–Trinajstić information content (AvgIpc) is 2.27. The summed E-state index contributed by atoms with van der Waals surface area (Å²) in [5.74, 6) is -0.504. The number of thioether (sulfide) groups is 1. The van der Waals surface area contributed by atoms with Crippen LogP contribution in [0.5, 0.6) is 0 Å². The van der Waals surface area contributed by atoms with E-state index in [9.17, 15) is 4.79 Å². The largest absolute Gasteiger partial charge is 0.396 e. The first kappa shape index (κ1) is 13.7. The molecule has 17 heavy (non-hydrogen) atoms. The predicted octanol–water partition coefficient (Wildman–Crippen LogP) is 1.92. The van der Waals surface area contributed by atoms with Crippen molar-refractivity contribution in [3.05, 3.63) is 23.8 Å². The predicted molar refractivity (Wildman–Crippen MR) is 75.5 cm³/mol. The number of nitrogens with two attached hydrogens (primary N) is 2. The van der Waals surface area contributed by atoms with E-state index < -0.39 is 5.91 Å². The minimum atomic E-state index is -0.504. The summed E-state index contributed by atoms with van der Waals surface area (Å²) in [6.07, 6.45) is 2.06. The van der Waals surface area contributed by atoms with Gasteiger partial charge in [0.2, 0.25) is 0 Å². The van der Waals surface area contributed by atoms with Gasteiger partial charge in [0.15, 0.2) is 0 Å². The zero-order valence-electron chi connectivity index (χ0n) is 10.4. The van der Waals surface area contributed by atoms with Gasteiger partial charge in [0.1, 0.15) is 0 Å². The van der Waals surface area contributed by atoms with Gasteiger partial charge in [-0.3, -0.25) is 4.79 Å². The number of carbonyl (C=O) groups excluding carboxylic acids is 1. The van der Waals surface area contributed by atoms with Crippen LogP contribution in [0.2, 0.25) is 0 Å². The molecule has 1 aromatic carbocycles. The molecular formula is C12H19N3OS. The van der Waals surface area contributed by atoms with E-state index in [0.29, 0.717) is 11.3 Å². The summed E-state index contributed by atoms with van der Waals surface area (Å²) < 4.78 is 0.106. The van der Waals surface area contributed by atoms with Gasteiger partial charge in [-0.05, 0) is 32.2 Å². The summed E-state index contributed by atoms with van der Waals surface area (Å²) in [5, 5.41) is 3.25. The zero-order valence-corrected chi connectivity index (χ0v) is 11.2. The van der Waals surface area contributed by atoms with E-state index in [2.05, 4.69) is 25.4 Å². The van der Waals surface area contributed by atoms with Gasteiger partial charge in [-0.15, -0.1) is 0 Å². The number of hydrogen-bond acceptors (Lipinski definition) is 4. The van der Waals surface area contributed by atoms with Gasteiger partial charge in [0.25, 0.3) is 5.91 Å². The second kappa shape index (κ2) is 5.31. The van der Waals surface area contributed by atoms with Crippen molar-refractivity contribution in [1.82, 2.24) is 0 Å². The van der Waals surface area contributed by atoms with Crippen LogP contribution in [0, 0.1) is 0 Å². The maximum Gasteiger partial charge on any atom is 0.250 e. The molecule has 0 aliphatic carbocycles. The van der Waals surface area contributed by atoms with E-state index in [0.717, 1.165) is 12.2 Å². The molecule has 0 aromatic heterocycles. The molecule has 0 aliphatic heterocycles. The molecule has 0 aliphatic rings. The van der Waals surface area contributed by atoms with E-state index in [1.54, 1.807) is 23.9 Å². The molecule has 4 nitrogen and oxygen atoms in total. The molecule has 1 rings (SSSR count). The first-order valence-electron chi connectivity index (χ1n) is 5.34. The lowest BCUT2D eigenvalue weighted by Gasteiger charge is -2.23. The first-order valence-corrected chi connectivity index (χ1v) is 6.57. The van der Waals surface area contributed by atoms with E-state index >= 15 is 0 Å². The number of carbonyl (C=O) groups is 1. The molecule has 0 fully saturated rings. The Bertz CT molecular complexity index is 418. The van der Waals surface area contributed by atoms with Gasteiger partial charge >= 0.3 is 0 Å². The topological polar surface area (TPSA) is 81.1 Å². The number of anilines is 2. The highest BCUT2D eigenvalue weighted by atomic mass is 32.2. The molecule has 1 amide bonds. The van der Waals surface area contributed by atoms with Crippen LogP contribution in [0.15, 0.2) is 18.2 Å². The second-order valence-electron chi connectivity index (χ2n) is 4.45. The van der Waals surface area contributed by atoms with Crippen LogP contribution in [-0.4, -0.2) is 23.5 Å². The maximum absolute atomic E-state index is 11.1. The lowest BCUT2D eigenvalue weighted by Crippen LogP contribution is -2.26. The van der Waals surface area contributed by atoms with E-state index in [-0.39, 0.29) is 4.75 Å². The summed E-state index contributed by atoms with van der Waals surface area (Å²) in [6.45, 7) is 5.04. The number of primary amides is 1. The Balaban J connectivity index is 2.86. The van der Waals surface area contributed by atoms with Crippen molar-refractivity contribution in [1.29, 1.82) is 0 Å². The molecule has 0 saturated heterocycles. The van der Waals surface area contributed by atoms with Gasteiger partial charge in [0, 0.05) is 11.3 Å². The van der Waals surface area contributed by atoms with Gasteiger partial charge < -0.3 is 16.8 Å². The van der Waals surface area contributed by atoms with Gasteiger partial charge in [-0.2, -0.15) is 11.8 Å². The number of para-hydroxylation sites is 1. The van der Waals surface area contributed by atoms with E-state index in [4.69, 9.17) is 11.5 Å². The fraction of sp³-hybridized carbons (Fsp3) is 0.417. The molecule has 0 spiro atoms. The van der Waals surface area contributed by atoms with Crippen molar-refractivity contribution in [3.8, 4) is 0 Å². The number of nitrogen functional groups attached to an aromatic ring is 1. The Morgan fingerprint density at radius 1 is 1.47 bits per heavy atom. The molecule has 1 aromatic rings. The van der Waals surface area contributed by atoms with Gasteiger partial charge in [-0.1, -0.05) is 6.07 Å². The van der Waals surface area contributed by atoms with Crippen molar-refractivity contribution < 1.29 is 4.79 Å². The smallest absolute Gasteiger partial charge is 0.250 e. The Kier molecular flexibility index (Phi) is 4.28. The number of benzene rings is 1. The lowest BCUT2D eigenvalue weighted by molar-refractivity contribution is 0.100. The van der Waals surface area contributed by atoms with Crippen molar-refractivity contribution in [2.75, 3.05) is 23.9 Å². The van der Waals surface area contributed by atoms with Crippen LogP contribution in [0.3, 0.4) is 0 Å². The Morgan fingerprint density at radius 3 is 2.65 bits per heavy atom. The molecule has 94 valence electrons. The quantitative estimate of drug-likeness (QED) is 0.700. The molecular weight excluding hydrogens is 234 g/mol. The zero-order chi connectivity index (χ0) is 13.1. The maximum atomic E-state index is 11.1. The van der Waals surface area contributed by atoms with Crippen molar-refractivity contribution in [2.45, 2.75) is 18.6 Å². The molecule has 0 heterocycles. The fourth-order valence-corrected chi connectivity index (χ4v) is 1.53. The Hall–Kier alpha value is -1.36. The number of hydrogen-bond donors (Lipinski definition) is 3. The molecule has 0 bridgehead atoms. The average molecular weight is 253 g/mol. The van der Waals surface area contributed by atoms with Crippen molar-refractivity contribution >= 4 is 29.0 Å². The van der Waals surface area contributed by atoms with Crippen LogP contribution in [0.25, 0.3) is 0 Å². The summed E-state index contributed by atoms with van der Waals surface area (Å²) in [6, 6.07) is 5.24. The Labute approximate surface area is 106 Å². The summed E-state index contributed by atoms with van der Waals surface area (Å²) in [5.41, 5.74) is 12.7. The van der Waals surface area contributed by atoms with Crippen LogP contribution in [0.1, 0.15) is 24.2 Å². The molecule has 0 atom stereocenters. The monoisotopic (exact) mass is 253 g/mol. The fourth-order valence-electron chi connectivity index (χ4n) is 1.31. The second-order valence-corrected chi connectivity index (χ2v) is 5.96. The van der Waals surface area contributed by atoms with Crippen molar-refractivity contribution in [2.24, 2.45) is 5.73 Å². The van der Waals surface area contributed by atoms with Gasteiger partial charge in [0.05, 0.1) is 16.9 Å².